The summed E-state index contributed by atoms with van der Waals surface area (Å²) in [6.07, 6.45) is 5.92. The molecule has 1 saturated heterocycles. The van der Waals surface area contributed by atoms with Crippen LogP contribution in [0.5, 0.6) is 5.75 Å². The highest BCUT2D eigenvalue weighted by Crippen LogP contribution is 2.39. The molecule has 0 radical (unpaired) electrons. The molecule has 12 heteroatoms. The van der Waals surface area contributed by atoms with Crippen LogP contribution in [0.2, 0.25) is 5.02 Å². The van der Waals surface area contributed by atoms with Crippen molar-refractivity contribution in [2.75, 3.05) is 41.0 Å². The molecule has 2 aromatic carbocycles. The molecule has 1 amide bonds. The summed E-state index contributed by atoms with van der Waals surface area (Å²) in [6, 6.07) is 10.2. The third-order valence-electron chi connectivity index (χ3n) is 6.52. The van der Waals surface area contributed by atoms with Gasteiger partial charge >= 0.3 is 0 Å². The van der Waals surface area contributed by atoms with E-state index in [4.69, 9.17) is 16.3 Å². The Balaban J connectivity index is 1.69. The molecule has 212 valence electrons. The van der Waals surface area contributed by atoms with Crippen molar-refractivity contribution in [1.29, 1.82) is 0 Å². The number of carbonyl (C=O) groups excluding carboxylic acids is 1. The molecule has 10 nitrogen and oxygen atoms in total. The fraction of sp³-hybridized carbons (Fsp3) is 0.321. The van der Waals surface area contributed by atoms with Crippen LogP contribution in [0.3, 0.4) is 0 Å². The van der Waals surface area contributed by atoms with Crippen LogP contribution in [0.4, 0.5) is 34.5 Å². The van der Waals surface area contributed by atoms with Crippen molar-refractivity contribution in [1.82, 2.24) is 9.97 Å². The van der Waals surface area contributed by atoms with E-state index in [9.17, 15) is 13.2 Å². The number of aromatic nitrogens is 2. The van der Waals surface area contributed by atoms with E-state index >= 15 is 0 Å². The first-order valence-electron chi connectivity index (χ1n) is 12.9. The number of benzene rings is 2. The minimum Gasteiger partial charge on any atom is -0.494 e. The highest BCUT2D eigenvalue weighted by atomic mass is 35.5. The molecule has 40 heavy (non-hydrogen) atoms. The summed E-state index contributed by atoms with van der Waals surface area (Å²) in [5.74, 6) is 0.591. The molecule has 4 rings (SSSR count). The lowest BCUT2D eigenvalue weighted by molar-refractivity contribution is -0.111. The van der Waals surface area contributed by atoms with E-state index in [0.717, 1.165) is 31.6 Å². The van der Waals surface area contributed by atoms with E-state index < -0.39 is 15.1 Å². The number of carbonyl (C=O) groups is 1. The quantitative estimate of drug-likeness (QED) is 0.249. The smallest absolute Gasteiger partial charge is 0.247 e. The Hall–Kier alpha value is -3.83. The molecule has 1 aromatic heterocycles. The first kappa shape index (κ1) is 29.2. The number of piperidine rings is 1. The first-order valence-corrected chi connectivity index (χ1v) is 14.9. The van der Waals surface area contributed by atoms with Gasteiger partial charge < -0.3 is 25.6 Å². The van der Waals surface area contributed by atoms with Crippen molar-refractivity contribution in [2.45, 2.75) is 43.3 Å². The highest BCUT2D eigenvalue weighted by molar-refractivity contribution is 7.92. The Morgan fingerprint density at radius 2 is 1.82 bits per heavy atom. The van der Waals surface area contributed by atoms with Crippen LogP contribution in [0.1, 0.15) is 33.1 Å². The van der Waals surface area contributed by atoms with Gasteiger partial charge in [0.05, 0.1) is 46.2 Å². The summed E-state index contributed by atoms with van der Waals surface area (Å²) < 4.78 is 31.5. The molecule has 1 fully saturated rings. The topological polar surface area (TPSA) is 126 Å². The van der Waals surface area contributed by atoms with Gasteiger partial charge in [0.1, 0.15) is 10.8 Å². The van der Waals surface area contributed by atoms with E-state index in [1.165, 1.54) is 18.7 Å². The van der Waals surface area contributed by atoms with Gasteiger partial charge in [-0.15, -0.1) is 0 Å². The molecule has 0 unspecified atom stereocenters. The first-order chi connectivity index (χ1) is 19.1. The number of para-hydroxylation sites is 1. The molecule has 0 saturated carbocycles. The van der Waals surface area contributed by atoms with Crippen molar-refractivity contribution in [3.8, 4) is 5.75 Å². The number of anilines is 6. The summed E-state index contributed by atoms with van der Waals surface area (Å²) in [4.78, 5) is 23.4. The molecule has 0 atom stereocenters. The minimum absolute atomic E-state index is 0.145. The Kier molecular flexibility index (Phi) is 9.16. The van der Waals surface area contributed by atoms with E-state index in [-0.39, 0.29) is 27.6 Å². The highest BCUT2D eigenvalue weighted by Gasteiger charge is 2.24. The summed E-state index contributed by atoms with van der Waals surface area (Å²) >= 11 is 6.39. The fourth-order valence-electron chi connectivity index (χ4n) is 4.35. The number of methoxy groups -OCH3 is 1. The lowest BCUT2D eigenvalue weighted by Gasteiger charge is -2.31. The largest absolute Gasteiger partial charge is 0.494 e. The minimum atomic E-state index is -3.57. The molecule has 0 spiro atoms. The average Bonchev–Trinajstić information content (AvgIpc) is 2.95. The van der Waals surface area contributed by atoms with E-state index in [1.54, 1.807) is 51.3 Å². The maximum absolute atomic E-state index is 12.9. The normalized spacial score (nSPS) is 13.6. The molecule has 3 aromatic rings. The van der Waals surface area contributed by atoms with Crippen LogP contribution in [-0.2, 0) is 14.6 Å². The molecule has 1 aliphatic rings. The number of amides is 1. The second kappa shape index (κ2) is 12.6. The number of ether oxygens (including phenoxy) is 1. The third-order valence-corrected chi connectivity index (χ3v) is 9.00. The number of rotatable bonds is 10. The summed E-state index contributed by atoms with van der Waals surface area (Å²) in [5.41, 5.74) is 2.30. The van der Waals surface area contributed by atoms with Crippen LogP contribution in [0, 0.1) is 0 Å². The zero-order valence-electron chi connectivity index (χ0n) is 22.7. The van der Waals surface area contributed by atoms with Crippen LogP contribution < -0.4 is 25.6 Å². The third kappa shape index (κ3) is 6.48. The predicted octanol–water partition coefficient (Wildman–Crippen LogP) is 5.92. The van der Waals surface area contributed by atoms with Crippen molar-refractivity contribution in [3.63, 3.8) is 0 Å². The van der Waals surface area contributed by atoms with E-state index in [0.29, 0.717) is 22.8 Å². The molecule has 3 N–H and O–H groups in total. The van der Waals surface area contributed by atoms with Gasteiger partial charge in [-0.05, 0) is 57.4 Å². The SMILES string of the molecule is C=CC(=O)Nc1cc(Nc2ncc(Cl)c(Nc3ccccc3S(=O)(=O)C(C)C)n2)c(OC)cc1N1CCCCC1. The number of sulfone groups is 1. The number of nitrogens with one attached hydrogen (secondary N) is 3. The van der Waals surface area contributed by atoms with E-state index in [2.05, 4.69) is 37.4 Å². The lowest BCUT2D eigenvalue weighted by atomic mass is 10.1. The van der Waals surface area contributed by atoms with Gasteiger partial charge in [0.2, 0.25) is 11.9 Å². The molecule has 0 aliphatic carbocycles. The standard InChI is InChI=1S/C28H33ClN6O4S/c1-5-26(36)31-21-15-22(24(39-4)16-23(21)35-13-9-6-10-14-35)33-28-30-17-19(29)27(34-28)32-20-11-7-8-12-25(20)40(37,38)18(2)3/h5,7-8,11-12,15-18H,1,6,9-10,13-14H2,2-4H3,(H,31,36)(H2,30,32,33,34). The summed E-state index contributed by atoms with van der Waals surface area (Å²) in [7, 11) is -2.01. The van der Waals surface area contributed by atoms with Crippen molar-refractivity contribution >= 4 is 61.9 Å². The maximum atomic E-state index is 12.9. The van der Waals surface area contributed by atoms with Crippen molar-refractivity contribution in [2.24, 2.45) is 0 Å². The predicted molar refractivity (Wildman–Crippen MR) is 160 cm³/mol. The van der Waals surface area contributed by atoms with Gasteiger partial charge in [-0.2, -0.15) is 4.98 Å². The zero-order valence-corrected chi connectivity index (χ0v) is 24.3. The monoisotopic (exact) mass is 584 g/mol. The number of halogens is 1. The summed E-state index contributed by atoms with van der Waals surface area (Å²) in [5, 5.41) is 8.68. The van der Waals surface area contributed by atoms with Crippen LogP contribution in [-0.4, -0.2) is 49.7 Å². The van der Waals surface area contributed by atoms with Crippen LogP contribution in [0.25, 0.3) is 0 Å². The number of hydrogen-bond donors (Lipinski definition) is 3. The van der Waals surface area contributed by atoms with Gasteiger partial charge in [0.15, 0.2) is 15.7 Å². The number of hydrogen-bond acceptors (Lipinski definition) is 9. The van der Waals surface area contributed by atoms with Gasteiger partial charge in [0.25, 0.3) is 0 Å². The number of nitrogens with zero attached hydrogens (tertiary/aromatic N) is 3. The van der Waals surface area contributed by atoms with Gasteiger partial charge in [-0.3, -0.25) is 4.79 Å². The Morgan fingerprint density at radius 3 is 2.50 bits per heavy atom. The molecular formula is C28H33ClN6O4S. The van der Waals surface area contributed by atoms with E-state index in [1.807, 2.05) is 6.07 Å². The van der Waals surface area contributed by atoms with Gasteiger partial charge in [0, 0.05) is 19.2 Å². The Morgan fingerprint density at radius 1 is 1.10 bits per heavy atom. The van der Waals surface area contributed by atoms with Gasteiger partial charge in [-0.1, -0.05) is 30.3 Å². The molecular weight excluding hydrogens is 552 g/mol. The van der Waals surface area contributed by atoms with Crippen LogP contribution in [0.15, 0.2) is 60.1 Å². The van der Waals surface area contributed by atoms with Crippen molar-refractivity contribution < 1.29 is 17.9 Å². The Bertz CT molecular complexity index is 1510. The second-order valence-electron chi connectivity index (χ2n) is 9.54. The average molecular weight is 585 g/mol. The molecule has 2 heterocycles. The molecule has 0 bridgehead atoms. The maximum Gasteiger partial charge on any atom is 0.247 e. The lowest BCUT2D eigenvalue weighted by Crippen LogP contribution is -2.30. The van der Waals surface area contributed by atoms with Gasteiger partial charge in [-0.25, -0.2) is 13.4 Å². The Labute approximate surface area is 239 Å². The summed E-state index contributed by atoms with van der Waals surface area (Å²) in [6.45, 7) is 8.56. The fourth-order valence-corrected chi connectivity index (χ4v) is 5.69. The van der Waals surface area contributed by atoms with Crippen molar-refractivity contribution in [3.05, 3.63) is 60.3 Å². The second-order valence-corrected chi connectivity index (χ2v) is 12.4. The molecule has 1 aliphatic heterocycles. The van der Waals surface area contributed by atoms with Crippen LogP contribution >= 0.6 is 11.6 Å². The zero-order chi connectivity index (χ0) is 28.9.